The van der Waals surface area contributed by atoms with Gasteiger partial charge in [0, 0.05) is 0 Å². The van der Waals surface area contributed by atoms with E-state index in [1.165, 1.54) is 51.4 Å². The predicted molar refractivity (Wildman–Crippen MR) is 68.1 cm³/mol. The van der Waals surface area contributed by atoms with Crippen LogP contribution in [0.15, 0.2) is 0 Å². The van der Waals surface area contributed by atoms with Crippen LogP contribution in [0, 0.1) is 5.92 Å². The number of hydrogen-bond acceptors (Lipinski definition) is 1. The zero-order valence-electron chi connectivity index (χ0n) is 11.0. The topological polar surface area (TPSA) is 20.2 Å². The normalized spacial score (nSPS) is 15.2. The van der Waals surface area contributed by atoms with Crippen LogP contribution >= 0.6 is 0 Å². The van der Waals surface area contributed by atoms with Gasteiger partial charge in [-0.25, -0.2) is 0 Å². The van der Waals surface area contributed by atoms with Crippen molar-refractivity contribution in [1.82, 2.24) is 0 Å². The molecule has 0 aromatic heterocycles. The van der Waals surface area contributed by atoms with E-state index in [0.29, 0.717) is 5.92 Å². The highest BCUT2D eigenvalue weighted by atomic mass is 16.3. The second-order valence-electron chi connectivity index (χ2n) is 4.82. The van der Waals surface area contributed by atoms with Gasteiger partial charge in [-0.05, 0) is 19.3 Å². The average molecular weight is 214 g/mol. The molecule has 0 aliphatic carbocycles. The third-order valence-electron chi connectivity index (χ3n) is 3.39. The highest BCUT2D eigenvalue weighted by molar-refractivity contribution is 4.63. The van der Waals surface area contributed by atoms with E-state index >= 15 is 0 Å². The van der Waals surface area contributed by atoms with Gasteiger partial charge in [-0.2, -0.15) is 0 Å². The number of aliphatic hydroxyl groups excluding tert-OH is 1. The van der Waals surface area contributed by atoms with Crippen molar-refractivity contribution < 1.29 is 5.11 Å². The molecule has 0 aromatic carbocycles. The lowest BCUT2D eigenvalue weighted by Crippen LogP contribution is -2.15. The summed E-state index contributed by atoms with van der Waals surface area (Å²) < 4.78 is 0. The zero-order valence-corrected chi connectivity index (χ0v) is 11.0. The maximum Gasteiger partial charge on any atom is 0.0540 e. The van der Waals surface area contributed by atoms with Gasteiger partial charge in [0.25, 0.3) is 0 Å². The molecular weight excluding hydrogens is 184 g/mol. The Bertz CT molecular complexity index is 121. The smallest absolute Gasteiger partial charge is 0.0540 e. The summed E-state index contributed by atoms with van der Waals surface area (Å²) in [7, 11) is 0. The lowest BCUT2D eigenvalue weighted by Gasteiger charge is -2.17. The highest BCUT2D eigenvalue weighted by Gasteiger charge is 2.11. The minimum atomic E-state index is -0.116. The Kier molecular flexibility index (Phi) is 10.4. The van der Waals surface area contributed by atoms with Crippen LogP contribution in [0.25, 0.3) is 0 Å². The molecule has 0 aliphatic rings. The molecule has 0 aliphatic heterocycles. The van der Waals surface area contributed by atoms with Crippen LogP contribution in [-0.2, 0) is 0 Å². The van der Waals surface area contributed by atoms with Gasteiger partial charge >= 0.3 is 0 Å². The summed E-state index contributed by atoms with van der Waals surface area (Å²) in [5.74, 6) is 0.528. The fraction of sp³-hybridized carbons (Fsp3) is 1.00. The van der Waals surface area contributed by atoms with E-state index in [4.69, 9.17) is 0 Å². The third kappa shape index (κ3) is 8.92. The minimum absolute atomic E-state index is 0.116. The van der Waals surface area contributed by atoms with Crippen molar-refractivity contribution in [2.45, 2.75) is 84.7 Å². The number of hydrogen-bond donors (Lipinski definition) is 1. The second-order valence-corrected chi connectivity index (χ2v) is 4.82. The summed E-state index contributed by atoms with van der Waals surface area (Å²) in [6, 6.07) is 0. The Balaban J connectivity index is 3.22. The summed E-state index contributed by atoms with van der Waals surface area (Å²) in [6.45, 7) is 6.36. The standard InChI is InChI=1S/C14H30O/c1-4-6-7-8-9-10-11-12-14(5-2)13(3)15/h13-15H,4-12H2,1-3H3. The lowest BCUT2D eigenvalue weighted by molar-refractivity contribution is 0.115. The molecule has 1 N–H and O–H groups in total. The van der Waals surface area contributed by atoms with Gasteiger partial charge in [-0.1, -0.05) is 65.2 Å². The molecule has 0 heterocycles. The van der Waals surface area contributed by atoms with E-state index in [1.807, 2.05) is 6.92 Å². The Labute approximate surface area is 96.3 Å². The molecule has 15 heavy (non-hydrogen) atoms. The summed E-state index contributed by atoms with van der Waals surface area (Å²) in [4.78, 5) is 0. The molecular formula is C14H30O. The van der Waals surface area contributed by atoms with Gasteiger partial charge in [-0.3, -0.25) is 0 Å². The highest BCUT2D eigenvalue weighted by Crippen LogP contribution is 2.18. The average Bonchev–Trinajstić information content (AvgIpc) is 2.21. The molecule has 0 saturated heterocycles. The van der Waals surface area contributed by atoms with Gasteiger partial charge in [-0.15, -0.1) is 0 Å². The Hall–Kier alpha value is -0.0400. The quantitative estimate of drug-likeness (QED) is 0.530. The first-order valence-corrected chi connectivity index (χ1v) is 6.90. The molecule has 0 aromatic rings. The van der Waals surface area contributed by atoms with Crippen LogP contribution in [0.3, 0.4) is 0 Å². The molecule has 92 valence electrons. The third-order valence-corrected chi connectivity index (χ3v) is 3.39. The Morgan fingerprint density at radius 2 is 1.40 bits per heavy atom. The molecule has 2 atom stereocenters. The van der Waals surface area contributed by atoms with Crippen LogP contribution < -0.4 is 0 Å². The molecule has 0 rings (SSSR count). The summed E-state index contributed by atoms with van der Waals surface area (Å²) in [5, 5.41) is 9.48. The fourth-order valence-electron chi connectivity index (χ4n) is 2.15. The van der Waals surface area contributed by atoms with Crippen LogP contribution in [0.5, 0.6) is 0 Å². The van der Waals surface area contributed by atoms with Crippen LogP contribution in [0.1, 0.15) is 78.6 Å². The largest absolute Gasteiger partial charge is 0.393 e. The molecule has 1 heteroatoms. The first-order valence-electron chi connectivity index (χ1n) is 6.90. The lowest BCUT2D eigenvalue weighted by atomic mass is 9.93. The summed E-state index contributed by atoms with van der Waals surface area (Å²) in [6.07, 6.45) is 11.8. The van der Waals surface area contributed by atoms with Crippen molar-refractivity contribution in [3.63, 3.8) is 0 Å². The van der Waals surface area contributed by atoms with E-state index in [0.717, 1.165) is 6.42 Å². The molecule has 0 fully saturated rings. The van der Waals surface area contributed by atoms with Crippen molar-refractivity contribution in [2.24, 2.45) is 5.92 Å². The van der Waals surface area contributed by atoms with Crippen molar-refractivity contribution in [3.8, 4) is 0 Å². The van der Waals surface area contributed by atoms with Crippen molar-refractivity contribution in [2.75, 3.05) is 0 Å². The number of rotatable bonds is 10. The SMILES string of the molecule is CCCCCCCCCC(CC)C(C)O. The van der Waals surface area contributed by atoms with Crippen molar-refractivity contribution in [3.05, 3.63) is 0 Å². The fourth-order valence-corrected chi connectivity index (χ4v) is 2.15. The van der Waals surface area contributed by atoms with E-state index in [9.17, 15) is 5.11 Å². The van der Waals surface area contributed by atoms with Gasteiger partial charge in [0.05, 0.1) is 6.10 Å². The van der Waals surface area contributed by atoms with Crippen LogP contribution in [0.2, 0.25) is 0 Å². The first-order chi connectivity index (χ1) is 7.22. The number of unbranched alkanes of at least 4 members (excludes halogenated alkanes) is 6. The van der Waals surface area contributed by atoms with E-state index in [-0.39, 0.29) is 6.10 Å². The molecule has 0 saturated carbocycles. The molecule has 0 spiro atoms. The monoisotopic (exact) mass is 214 g/mol. The minimum Gasteiger partial charge on any atom is -0.393 e. The molecule has 2 unspecified atom stereocenters. The van der Waals surface area contributed by atoms with E-state index in [1.54, 1.807) is 0 Å². The van der Waals surface area contributed by atoms with Gasteiger partial charge in [0.1, 0.15) is 0 Å². The molecule has 0 bridgehead atoms. The second kappa shape index (κ2) is 10.5. The van der Waals surface area contributed by atoms with Gasteiger partial charge < -0.3 is 5.11 Å². The first kappa shape index (κ1) is 15.0. The predicted octanol–water partition coefficient (Wildman–Crippen LogP) is 4.53. The maximum absolute atomic E-state index is 9.48. The Morgan fingerprint density at radius 3 is 1.87 bits per heavy atom. The van der Waals surface area contributed by atoms with E-state index in [2.05, 4.69) is 13.8 Å². The number of aliphatic hydroxyl groups is 1. The molecule has 0 amide bonds. The zero-order chi connectivity index (χ0) is 11.5. The molecule has 1 nitrogen and oxygen atoms in total. The maximum atomic E-state index is 9.48. The van der Waals surface area contributed by atoms with E-state index < -0.39 is 0 Å². The Morgan fingerprint density at radius 1 is 0.867 bits per heavy atom. The summed E-state index contributed by atoms with van der Waals surface area (Å²) >= 11 is 0. The van der Waals surface area contributed by atoms with Gasteiger partial charge in [0.15, 0.2) is 0 Å². The van der Waals surface area contributed by atoms with Crippen molar-refractivity contribution >= 4 is 0 Å². The van der Waals surface area contributed by atoms with Crippen LogP contribution in [-0.4, -0.2) is 11.2 Å². The van der Waals surface area contributed by atoms with Gasteiger partial charge in [0.2, 0.25) is 0 Å². The molecule has 0 radical (unpaired) electrons. The van der Waals surface area contributed by atoms with Crippen molar-refractivity contribution in [1.29, 1.82) is 0 Å². The van der Waals surface area contributed by atoms with Crippen LogP contribution in [0.4, 0.5) is 0 Å². The summed E-state index contributed by atoms with van der Waals surface area (Å²) in [5.41, 5.74) is 0.